The summed E-state index contributed by atoms with van der Waals surface area (Å²) in [5.41, 5.74) is 9.30. The zero-order valence-corrected chi connectivity index (χ0v) is 13.3. The molecule has 110 valence electrons. The molecule has 0 bridgehead atoms. The molecule has 2 N–H and O–H groups in total. The van der Waals surface area contributed by atoms with Crippen molar-refractivity contribution < 1.29 is 4.74 Å². The average Bonchev–Trinajstić information content (AvgIpc) is 2.84. The van der Waals surface area contributed by atoms with Gasteiger partial charge in [0.1, 0.15) is 10.8 Å². The zero-order valence-electron chi connectivity index (χ0n) is 12.5. The minimum Gasteiger partial charge on any atom is -0.389 e. The minimum absolute atomic E-state index is 0.324. The van der Waals surface area contributed by atoms with E-state index in [0.29, 0.717) is 17.6 Å². The molecule has 20 heavy (non-hydrogen) atoms. The van der Waals surface area contributed by atoms with E-state index in [-0.39, 0.29) is 0 Å². The molecule has 0 unspecified atom stereocenters. The molecule has 0 atom stereocenters. The van der Waals surface area contributed by atoms with E-state index < -0.39 is 0 Å². The van der Waals surface area contributed by atoms with E-state index in [4.69, 9.17) is 27.7 Å². The van der Waals surface area contributed by atoms with Crippen LogP contribution >= 0.6 is 12.2 Å². The van der Waals surface area contributed by atoms with E-state index in [1.165, 1.54) is 17.7 Å². The van der Waals surface area contributed by atoms with Crippen LogP contribution in [-0.2, 0) is 17.6 Å². The number of anilines is 1. The lowest BCUT2D eigenvalue weighted by molar-refractivity contribution is 0.203. The van der Waals surface area contributed by atoms with E-state index in [2.05, 4.69) is 24.8 Å². The number of ether oxygens (including phenoxy) is 1. The van der Waals surface area contributed by atoms with Crippen LogP contribution in [0.4, 0.5) is 5.82 Å². The smallest absolute Gasteiger partial charge is 0.139 e. The second-order valence-corrected chi connectivity index (χ2v) is 5.90. The normalized spacial score (nSPS) is 13.6. The van der Waals surface area contributed by atoms with Gasteiger partial charge in [-0.05, 0) is 44.7 Å². The SMILES string of the molecule is COCCN(c1nc2c(cc1C(N)=S)CCC2)C(C)C. The Morgan fingerprint density at radius 3 is 2.85 bits per heavy atom. The molecular formula is C15H23N3OS. The number of pyridine rings is 1. The summed E-state index contributed by atoms with van der Waals surface area (Å²) in [6.45, 7) is 5.74. The van der Waals surface area contributed by atoms with Crippen molar-refractivity contribution in [3.8, 4) is 0 Å². The van der Waals surface area contributed by atoms with Gasteiger partial charge in [0.25, 0.3) is 0 Å². The summed E-state index contributed by atoms with van der Waals surface area (Å²) in [7, 11) is 1.71. The van der Waals surface area contributed by atoms with Crippen LogP contribution < -0.4 is 10.6 Å². The number of fused-ring (bicyclic) bond motifs is 1. The van der Waals surface area contributed by atoms with Gasteiger partial charge >= 0.3 is 0 Å². The first-order chi connectivity index (χ1) is 9.54. The maximum absolute atomic E-state index is 5.91. The van der Waals surface area contributed by atoms with E-state index in [9.17, 15) is 0 Å². The van der Waals surface area contributed by atoms with E-state index in [0.717, 1.165) is 30.8 Å². The standard InChI is InChI=1S/C15H23N3OS/c1-10(2)18(7-8-19-3)15-12(14(16)20)9-11-5-4-6-13(11)17-15/h9-10H,4-8H2,1-3H3,(H2,16,20). The summed E-state index contributed by atoms with van der Waals surface area (Å²) >= 11 is 5.22. The Labute approximate surface area is 126 Å². The third-order valence-corrected chi connectivity index (χ3v) is 3.95. The topological polar surface area (TPSA) is 51.4 Å². The molecule has 1 aliphatic carbocycles. The maximum atomic E-state index is 5.91. The maximum Gasteiger partial charge on any atom is 0.139 e. The van der Waals surface area contributed by atoms with Crippen molar-refractivity contribution in [1.29, 1.82) is 0 Å². The Morgan fingerprint density at radius 2 is 2.25 bits per heavy atom. The third-order valence-electron chi connectivity index (χ3n) is 3.73. The second kappa shape index (κ2) is 6.50. The van der Waals surface area contributed by atoms with Crippen molar-refractivity contribution >= 4 is 23.0 Å². The van der Waals surface area contributed by atoms with Gasteiger partial charge in [-0.1, -0.05) is 12.2 Å². The Morgan fingerprint density at radius 1 is 1.50 bits per heavy atom. The molecule has 1 aliphatic rings. The van der Waals surface area contributed by atoms with Crippen molar-refractivity contribution in [1.82, 2.24) is 4.98 Å². The summed E-state index contributed by atoms with van der Waals surface area (Å²) in [5.74, 6) is 0.908. The monoisotopic (exact) mass is 293 g/mol. The number of nitrogens with zero attached hydrogens (tertiary/aromatic N) is 2. The molecule has 2 rings (SSSR count). The molecule has 5 heteroatoms. The Balaban J connectivity index is 2.43. The van der Waals surface area contributed by atoms with Crippen molar-refractivity contribution in [3.63, 3.8) is 0 Å². The predicted octanol–water partition coefficient (Wildman–Crippen LogP) is 2.07. The number of aryl methyl sites for hydroxylation is 2. The molecule has 1 heterocycles. The van der Waals surface area contributed by atoms with E-state index in [1.54, 1.807) is 7.11 Å². The number of aromatic nitrogens is 1. The van der Waals surface area contributed by atoms with E-state index >= 15 is 0 Å². The first-order valence-electron chi connectivity index (χ1n) is 7.12. The summed E-state index contributed by atoms with van der Waals surface area (Å²) in [5, 5.41) is 0. The lowest BCUT2D eigenvalue weighted by Crippen LogP contribution is -2.36. The van der Waals surface area contributed by atoms with Crippen molar-refractivity contribution in [3.05, 3.63) is 22.9 Å². The third kappa shape index (κ3) is 3.10. The van der Waals surface area contributed by atoms with Gasteiger partial charge < -0.3 is 15.4 Å². The van der Waals surface area contributed by atoms with Crippen LogP contribution in [0.1, 0.15) is 37.1 Å². The molecule has 0 saturated heterocycles. The summed E-state index contributed by atoms with van der Waals surface area (Å²) in [6, 6.07) is 2.46. The van der Waals surface area contributed by atoms with Crippen molar-refractivity contribution in [2.75, 3.05) is 25.2 Å². The number of nitrogens with two attached hydrogens (primary N) is 1. The second-order valence-electron chi connectivity index (χ2n) is 5.46. The zero-order chi connectivity index (χ0) is 14.7. The molecule has 1 aromatic rings. The largest absolute Gasteiger partial charge is 0.389 e. The van der Waals surface area contributed by atoms with Crippen LogP contribution in [-0.4, -0.2) is 36.3 Å². The first-order valence-corrected chi connectivity index (χ1v) is 7.53. The highest BCUT2D eigenvalue weighted by Gasteiger charge is 2.22. The van der Waals surface area contributed by atoms with Crippen LogP contribution in [0.3, 0.4) is 0 Å². The predicted molar refractivity (Wildman–Crippen MR) is 86.5 cm³/mol. The van der Waals surface area contributed by atoms with Gasteiger partial charge in [-0.25, -0.2) is 4.98 Å². The summed E-state index contributed by atoms with van der Waals surface area (Å²) in [4.78, 5) is 7.49. The average molecular weight is 293 g/mol. The van der Waals surface area contributed by atoms with Gasteiger partial charge in [0.2, 0.25) is 0 Å². The Kier molecular flexibility index (Phi) is 4.94. The van der Waals surface area contributed by atoms with Crippen molar-refractivity contribution in [2.45, 2.75) is 39.2 Å². The van der Waals surface area contributed by atoms with Crippen LogP contribution in [0.25, 0.3) is 0 Å². The highest BCUT2D eigenvalue weighted by atomic mass is 32.1. The minimum atomic E-state index is 0.324. The van der Waals surface area contributed by atoms with Crippen LogP contribution in [0.15, 0.2) is 6.07 Å². The molecule has 0 radical (unpaired) electrons. The lowest BCUT2D eigenvalue weighted by Gasteiger charge is -2.30. The number of rotatable bonds is 6. The fourth-order valence-electron chi connectivity index (χ4n) is 2.66. The Bertz CT molecular complexity index is 502. The molecule has 1 aromatic heterocycles. The molecule has 0 fully saturated rings. The van der Waals surface area contributed by atoms with Crippen LogP contribution in [0.2, 0.25) is 0 Å². The number of thiocarbonyl (C=S) groups is 1. The fourth-order valence-corrected chi connectivity index (χ4v) is 2.81. The quantitative estimate of drug-likeness (QED) is 0.814. The van der Waals surface area contributed by atoms with E-state index in [1.807, 2.05) is 0 Å². The van der Waals surface area contributed by atoms with Gasteiger partial charge in [0.05, 0.1) is 12.2 Å². The summed E-state index contributed by atoms with van der Waals surface area (Å²) < 4.78 is 5.20. The van der Waals surface area contributed by atoms with Gasteiger partial charge in [-0.2, -0.15) is 0 Å². The highest BCUT2D eigenvalue weighted by molar-refractivity contribution is 7.80. The molecule has 0 spiro atoms. The Hall–Kier alpha value is -1.20. The van der Waals surface area contributed by atoms with Gasteiger partial charge in [-0.15, -0.1) is 0 Å². The molecule has 0 amide bonds. The van der Waals surface area contributed by atoms with Gasteiger partial charge in [0, 0.05) is 25.4 Å². The molecular weight excluding hydrogens is 270 g/mol. The van der Waals surface area contributed by atoms with Crippen LogP contribution in [0, 0.1) is 0 Å². The molecule has 0 aliphatic heterocycles. The number of hydrogen-bond donors (Lipinski definition) is 1. The van der Waals surface area contributed by atoms with Gasteiger partial charge in [-0.3, -0.25) is 0 Å². The molecule has 0 aromatic carbocycles. The summed E-state index contributed by atoms with van der Waals surface area (Å²) in [6.07, 6.45) is 3.30. The molecule has 4 nitrogen and oxygen atoms in total. The van der Waals surface area contributed by atoms with Gasteiger partial charge in [0.15, 0.2) is 0 Å². The number of methoxy groups -OCH3 is 1. The number of hydrogen-bond acceptors (Lipinski definition) is 4. The fraction of sp³-hybridized carbons (Fsp3) is 0.600. The molecule has 0 saturated carbocycles. The van der Waals surface area contributed by atoms with Crippen LogP contribution in [0.5, 0.6) is 0 Å². The lowest BCUT2D eigenvalue weighted by atomic mass is 10.1. The van der Waals surface area contributed by atoms with Crippen molar-refractivity contribution in [2.24, 2.45) is 5.73 Å². The highest BCUT2D eigenvalue weighted by Crippen LogP contribution is 2.28. The first kappa shape index (κ1) is 15.2.